The zero-order valence-corrected chi connectivity index (χ0v) is 19.9. The molecule has 188 valence electrons. The highest BCUT2D eigenvalue weighted by molar-refractivity contribution is 5.96. The van der Waals surface area contributed by atoms with Crippen LogP contribution in [0.2, 0.25) is 0 Å². The molecular formula is C29H24F2N2O4. The van der Waals surface area contributed by atoms with Crippen molar-refractivity contribution in [3.05, 3.63) is 130 Å². The molecule has 0 bridgehead atoms. The van der Waals surface area contributed by atoms with Gasteiger partial charge < -0.3 is 14.2 Å². The van der Waals surface area contributed by atoms with Gasteiger partial charge in [0.15, 0.2) is 5.43 Å². The van der Waals surface area contributed by atoms with E-state index >= 15 is 0 Å². The zero-order chi connectivity index (χ0) is 26.4. The quantitative estimate of drug-likeness (QED) is 0.305. The van der Waals surface area contributed by atoms with E-state index in [1.165, 1.54) is 64.6 Å². The molecule has 0 aliphatic rings. The maximum Gasteiger partial charge on any atom is 0.254 e. The Labute approximate surface area is 212 Å². The first-order valence-electron chi connectivity index (χ1n) is 11.5. The van der Waals surface area contributed by atoms with E-state index in [0.29, 0.717) is 16.5 Å². The summed E-state index contributed by atoms with van der Waals surface area (Å²) in [7, 11) is 0. The molecule has 0 aliphatic heterocycles. The largest absolute Gasteiger partial charge is 0.464 e. The van der Waals surface area contributed by atoms with E-state index in [-0.39, 0.29) is 42.7 Å². The molecule has 0 saturated carbocycles. The van der Waals surface area contributed by atoms with Gasteiger partial charge in [0.25, 0.3) is 5.91 Å². The Morgan fingerprint density at radius 1 is 0.892 bits per heavy atom. The molecule has 1 heterocycles. The lowest BCUT2D eigenvalue weighted by molar-refractivity contribution is -0.133. The van der Waals surface area contributed by atoms with Crippen LogP contribution in [0.15, 0.2) is 101 Å². The van der Waals surface area contributed by atoms with Crippen molar-refractivity contribution in [1.29, 1.82) is 0 Å². The molecule has 0 unspecified atom stereocenters. The fourth-order valence-electron chi connectivity index (χ4n) is 3.92. The van der Waals surface area contributed by atoms with Crippen molar-refractivity contribution < 1.29 is 22.8 Å². The molecular weight excluding hydrogens is 478 g/mol. The Morgan fingerprint density at radius 2 is 1.65 bits per heavy atom. The third-order valence-corrected chi connectivity index (χ3v) is 5.79. The summed E-state index contributed by atoms with van der Waals surface area (Å²) in [5.74, 6) is -2.01. The summed E-state index contributed by atoms with van der Waals surface area (Å²) in [6.07, 6.45) is 2.78. The first kappa shape index (κ1) is 25.5. The summed E-state index contributed by atoms with van der Waals surface area (Å²) >= 11 is 0. The number of para-hydroxylation sites is 1. The Bertz CT molecular complexity index is 1500. The van der Waals surface area contributed by atoms with E-state index in [1.54, 1.807) is 24.3 Å². The fraction of sp³-hybridized carbons (Fsp3) is 0.138. The number of benzene rings is 3. The van der Waals surface area contributed by atoms with E-state index in [4.69, 9.17) is 4.42 Å². The first-order valence-corrected chi connectivity index (χ1v) is 11.5. The summed E-state index contributed by atoms with van der Waals surface area (Å²) in [6, 6.07) is 17.6. The lowest BCUT2D eigenvalue weighted by Gasteiger charge is -2.27. The maximum atomic E-state index is 13.7. The SMILES string of the molecule is C=CCN(CC(=O)N(Cc1ccc(F)cc1)Cc1coc2ccccc2c1=O)C(=O)c1cccc(F)c1. The Morgan fingerprint density at radius 3 is 2.38 bits per heavy atom. The minimum atomic E-state index is -0.573. The van der Waals surface area contributed by atoms with Gasteiger partial charge in [-0.15, -0.1) is 6.58 Å². The second kappa shape index (κ2) is 11.4. The smallest absolute Gasteiger partial charge is 0.254 e. The second-order valence-corrected chi connectivity index (χ2v) is 8.45. The first-order chi connectivity index (χ1) is 17.9. The average Bonchev–Trinajstić information content (AvgIpc) is 2.90. The number of carbonyl (C=O) groups excluding carboxylic acids is 2. The minimum Gasteiger partial charge on any atom is -0.464 e. The van der Waals surface area contributed by atoms with Crippen molar-refractivity contribution in [2.24, 2.45) is 0 Å². The summed E-state index contributed by atoms with van der Waals surface area (Å²) in [6.45, 7) is 3.31. The molecule has 37 heavy (non-hydrogen) atoms. The van der Waals surface area contributed by atoms with Crippen LogP contribution in [-0.4, -0.2) is 34.7 Å². The number of hydrogen-bond donors (Lipinski definition) is 0. The lowest BCUT2D eigenvalue weighted by atomic mass is 10.1. The molecule has 4 aromatic rings. The molecule has 0 N–H and O–H groups in total. The Balaban J connectivity index is 1.63. The summed E-state index contributed by atoms with van der Waals surface area (Å²) in [5, 5.41) is 0.378. The van der Waals surface area contributed by atoms with E-state index in [2.05, 4.69) is 6.58 Å². The predicted octanol–water partition coefficient (Wildman–Crippen LogP) is 4.93. The number of nitrogens with zero attached hydrogens (tertiary/aromatic N) is 2. The fourth-order valence-corrected chi connectivity index (χ4v) is 3.92. The Hall–Kier alpha value is -4.59. The predicted molar refractivity (Wildman–Crippen MR) is 136 cm³/mol. The standard InChI is InChI=1S/C29H24F2N2O4/c1-2-14-32(29(36)21-6-5-7-24(31)15-21)18-27(34)33(16-20-10-12-23(30)13-11-20)17-22-19-37-26-9-4-3-8-25(26)28(22)35/h2-13,15,19H,1,14,16-18H2. The molecule has 8 heteroatoms. The molecule has 0 radical (unpaired) electrons. The molecule has 0 spiro atoms. The van der Waals surface area contributed by atoms with Gasteiger partial charge in [0.05, 0.1) is 23.8 Å². The Kier molecular flexibility index (Phi) is 7.88. The van der Waals surface area contributed by atoms with E-state index in [1.807, 2.05) is 0 Å². The molecule has 3 aromatic carbocycles. The molecule has 0 saturated heterocycles. The van der Waals surface area contributed by atoms with Crippen molar-refractivity contribution in [3.63, 3.8) is 0 Å². The number of amides is 2. The molecule has 0 atom stereocenters. The van der Waals surface area contributed by atoms with E-state index in [9.17, 15) is 23.2 Å². The zero-order valence-electron chi connectivity index (χ0n) is 19.9. The van der Waals surface area contributed by atoms with Gasteiger partial charge in [-0.3, -0.25) is 14.4 Å². The summed E-state index contributed by atoms with van der Waals surface area (Å²) in [4.78, 5) is 42.2. The van der Waals surface area contributed by atoms with Crippen LogP contribution in [0.4, 0.5) is 8.78 Å². The van der Waals surface area contributed by atoms with Crippen LogP contribution >= 0.6 is 0 Å². The topological polar surface area (TPSA) is 70.8 Å². The van der Waals surface area contributed by atoms with Crippen LogP contribution < -0.4 is 5.43 Å². The molecule has 4 rings (SSSR count). The molecule has 0 aliphatic carbocycles. The average molecular weight is 503 g/mol. The minimum absolute atomic E-state index is 0.0452. The van der Waals surface area contributed by atoms with Crippen LogP contribution in [-0.2, 0) is 17.9 Å². The number of rotatable bonds is 9. The highest BCUT2D eigenvalue weighted by Gasteiger charge is 2.23. The monoisotopic (exact) mass is 502 g/mol. The second-order valence-electron chi connectivity index (χ2n) is 8.45. The number of carbonyl (C=O) groups is 2. The lowest BCUT2D eigenvalue weighted by Crippen LogP contribution is -2.43. The van der Waals surface area contributed by atoms with Gasteiger partial charge in [0.1, 0.15) is 23.8 Å². The van der Waals surface area contributed by atoms with Gasteiger partial charge in [0.2, 0.25) is 5.91 Å². The number of halogens is 2. The molecule has 1 aromatic heterocycles. The molecule has 0 fully saturated rings. The van der Waals surface area contributed by atoms with Crippen LogP contribution in [0.5, 0.6) is 0 Å². The van der Waals surface area contributed by atoms with Crippen molar-refractivity contribution in [2.75, 3.05) is 13.1 Å². The molecule has 6 nitrogen and oxygen atoms in total. The van der Waals surface area contributed by atoms with E-state index in [0.717, 1.165) is 6.07 Å². The van der Waals surface area contributed by atoms with Gasteiger partial charge >= 0.3 is 0 Å². The van der Waals surface area contributed by atoms with Gasteiger partial charge in [-0.25, -0.2) is 8.78 Å². The highest BCUT2D eigenvalue weighted by Crippen LogP contribution is 2.15. The highest BCUT2D eigenvalue weighted by atomic mass is 19.1. The normalized spacial score (nSPS) is 10.8. The van der Waals surface area contributed by atoms with Crippen LogP contribution in [0.1, 0.15) is 21.5 Å². The van der Waals surface area contributed by atoms with Crippen LogP contribution in [0, 0.1) is 11.6 Å². The third-order valence-electron chi connectivity index (χ3n) is 5.79. The van der Waals surface area contributed by atoms with Crippen LogP contribution in [0.25, 0.3) is 11.0 Å². The summed E-state index contributed by atoms with van der Waals surface area (Å²) in [5.41, 5.74) is 1.12. The van der Waals surface area contributed by atoms with Crippen LogP contribution in [0.3, 0.4) is 0 Å². The molecule has 2 amide bonds. The van der Waals surface area contributed by atoms with Crippen molar-refractivity contribution in [3.8, 4) is 0 Å². The van der Waals surface area contributed by atoms with Crippen molar-refractivity contribution in [2.45, 2.75) is 13.1 Å². The van der Waals surface area contributed by atoms with Crippen molar-refractivity contribution in [1.82, 2.24) is 9.80 Å². The van der Waals surface area contributed by atoms with Gasteiger partial charge in [-0.2, -0.15) is 0 Å². The van der Waals surface area contributed by atoms with Gasteiger partial charge in [-0.1, -0.05) is 36.4 Å². The van der Waals surface area contributed by atoms with Crippen molar-refractivity contribution >= 4 is 22.8 Å². The number of hydrogen-bond acceptors (Lipinski definition) is 4. The maximum absolute atomic E-state index is 13.7. The third kappa shape index (κ3) is 6.16. The number of fused-ring (bicyclic) bond motifs is 1. The van der Waals surface area contributed by atoms with Gasteiger partial charge in [0, 0.05) is 18.7 Å². The van der Waals surface area contributed by atoms with Gasteiger partial charge in [-0.05, 0) is 48.0 Å². The van der Waals surface area contributed by atoms with E-state index < -0.39 is 23.4 Å². The summed E-state index contributed by atoms with van der Waals surface area (Å²) < 4.78 is 32.7.